The first-order chi connectivity index (χ1) is 10.4. The van der Waals surface area contributed by atoms with Crippen LogP contribution in [0.3, 0.4) is 0 Å². The lowest BCUT2D eigenvalue weighted by Crippen LogP contribution is -2.62. The van der Waals surface area contributed by atoms with E-state index in [2.05, 4.69) is 10.6 Å². The number of nitrogens with one attached hydrogen (secondary N) is 2. The van der Waals surface area contributed by atoms with E-state index >= 15 is 0 Å². The fourth-order valence-electron chi connectivity index (χ4n) is 2.38. The molecule has 22 heavy (non-hydrogen) atoms. The second kappa shape index (κ2) is 9.36. The third-order valence-electron chi connectivity index (χ3n) is 3.80. The fraction of sp³-hybridized carbons (Fsp3) is 0.923. The van der Waals surface area contributed by atoms with E-state index < -0.39 is 49.3 Å². The predicted octanol–water partition coefficient (Wildman–Crippen LogP) is -2.78. The molecule has 1 heterocycles. The number of unbranched alkanes of at least 4 members (excludes halogenated alkanes) is 1. The molecule has 1 saturated heterocycles. The van der Waals surface area contributed by atoms with Gasteiger partial charge in [-0.05, 0) is 26.4 Å². The summed E-state index contributed by atoms with van der Waals surface area (Å²) in [7, 11) is 1.59. The number of rotatable bonds is 9. The van der Waals surface area contributed by atoms with Crippen molar-refractivity contribution in [3.63, 3.8) is 0 Å². The van der Waals surface area contributed by atoms with Crippen molar-refractivity contribution in [2.24, 2.45) is 0 Å². The van der Waals surface area contributed by atoms with Gasteiger partial charge in [0.2, 0.25) is 0 Å². The minimum absolute atomic E-state index is 0.443. The summed E-state index contributed by atoms with van der Waals surface area (Å²) in [5, 5.41) is 52.6. The van der Waals surface area contributed by atoms with E-state index in [4.69, 9.17) is 14.9 Å². The Kier molecular flexibility index (Phi) is 8.18. The van der Waals surface area contributed by atoms with Gasteiger partial charge in [0.1, 0.15) is 36.7 Å². The van der Waals surface area contributed by atoms with Crippen molar-refractivity contribution >= 4 is 5.97 Å². The Morgan fingerprint density at radius 3 is 2.41 bits per heavy atom. The molecule has 6 unspecified atom stereocenters. The number of ether oxygens (including phenoxy) is 1. The third-order valence-corrected chi connectivity index (χ3v) is 3.80. The molecule has 0 spiro atoms. The van der Waals surface area contributed by atoms with E-state index in [9.17, 15) is 20.1 Å². The SMILES string of the molecule is CNC(CCCCNC1OC(CO)C(O)C(O)C1O)C(=O)O. The number of carboxylic acids is 1. The van der Waals surface area contributed by atoms with Crippen LogP contribution in [0.5, 0.6) is 0 Å². The molecule has 1 aliphatic rings. The maximum absolute atomic E-state index is 10.8. The quantitative estimate of drug-likeness (QED) is 0.223. The van der Waals surface area contributed by atoms with Crippen LogP contribution in [0.25, 0.3) is 0 Å². The van der Waals surface area contributed by atoms with Gasteiger partial charge in [-0.1, -0.05) is 6.42 Å². The molecule has 0 radical (unpaired) electrons. The van der Waals surface area contributed by atoms with Gasteiger partial charge in [0, 0.05) is 0 Å². The number of aliphatic hydroxyl groups excluding tert-OH is 4. The van der Waals surface area contributed by atoms with Crippen molar-refractivity contribution in [3.8, 4) is 0 Å². The Bertz CT molecular complexity index is 342. The lowest BCUT2D eigenvalue weighted by atomic mass is 9.98. The number of likely N-dealkylation sites (N-methyl/N-ethyl adjacent to an activating group) is 1. The highest BCUT2D eigenvalue weighted by molar-refractivity contribution is 5.73. The molecule has 0 aromatic rings. The minimum atomic E-state index is -1.40. The zero-order valence-corrected chi connectivity index (χ0v) is 12.6. The van der Waals surface area contributed by atoms with Crippen LogP contribution >= 0.6 is 0 Å². The Balaban J connectivity index is 2.30. The molecule has 1 fully saturated rings. The molecular weight excluding hydrogens is 296 g/mol. The molecule has 0 aromatic carbocycles. The lowest BCUT2D eigenvalue weighted by Gasteiger charge is -2.40. The largest absolute Gasteiger partial charge is 0.480 e. The van der Waals surface area contributed by atoms with Gasteiger partial charge >= 0.3 is 5.97 Å². The van der Waals surface area contributed by atoms with E-state index in [0.29, 0.717) is 25.8 Å². The first kappa shape index (κ1) is 19.2. The van der Waals surface area contributed by atoms with Crippen LogP contribution in [0.4, 0.5) is 0 Å². The first-order valence-electron chi connectivity index (χ1n) is 7.36. The van der Waals surface area contributed by atoms with Crippen molar-refractivity contribution in [2.45, 2.75) is 55.9 Å². The van der Waals surface area contributed by atoms with Gasteiger partial charge in [-0.3, -0.25) is 10.1 Å². The first-order valence-corrected chi connectivity index (χ1v) is 7.36. The van der Waals surface area contributed by atoms with E-state index in [1.807, 2.05) is 0 Å². The Morgan fingerprint density at radius 2 is 1.86 bits per heavy atom. The predicted molar refractivity (Wildman–Crippen MR) is 76.1 cm³/mol. The van der Waals surface area contributed by atoms with Gasteiger partial charge in [-0.25, -0.2) is 0 Å². The van der Waals surface area contributed by atoms with Crippen molar-refractivity contribution in [3.05, 3.63) is 0 Å². The Hall–Kier alpha value is -0.810. The number of aliphatic hydroxyl groups is 4. The Labute approximate surface area is 128 Å². The molecule has 130 valence electrons. The highest BCUT2D eigenvalue weighted by Crippen LogP contribution is 2.19. The molecule has 7 N–H and O–H groups in total. The normalized spacial score (nSPS) is 33.6. The van der Waals surface area contributed by atoms with E-state index in [-0.39, 0.29) is 0 Å². The smallest absolute Gasteiger partial charge is 0.320 e. The summed E-state index contributed by atoms with van der Waals surface area (Å²) in [5.41, 5.74) is 0. The maximum atomic E-state index is 10.8. The molecule has 1 aliphatic heterocycles. The van der Waals surface area contributed by atoms with Gasteiger partial charge in [-0.15, -0.1) is 0 Å². The van der Waals surface area contributed by atoms with Crippen LogP contribution in [-0.2, 0) is 9.53 Å². The van der Waals surface area contributed by atoms with Crippen molar-refractivity contribution in [1.29, 1.82) is 0 Å². The van der Waals surface area contributed by atoms with Crippen LogP contribution < -0.4 is 10.6 Å². The van der Waals surface area contributed by atoms with Crippen molar-refractivity contribution in [2.75, 3.05) is 20.2 Å². The van der Waals surface area contributed by atoms with Crippen LogP contribution in [-0.4, -0.2) is 88.4 Å². The monoisotopic (exact) mass is 322 g/mol. The second-order valence-electron chi connectivity index (χ2n) is 5.38. The average molecular weight is 322 g/mol. The second-order valence-corrected chi connectivity index (χ2v) is 5.38. The van der Waals surface area contributed by atoms with Crippen LogP contribution in [0.15, 0.2) is 0 Å². The lowest BCUT2D eigenvalue weighted by molar-refractivity contribution is -0.236. The number of carboxylic acid groups (broad SMARTS) is 1. The number of hydrogen-bond donors (Lipinski definition) is 7. The highest BCUT2D eigenvalue weighted by atomic mass is 16.6. The summed E-state index contributed by atoms with van der Waals surface area (Å²) in [6.45, 7) is -0.0235. The summed E-state index contributed by atoms with van der Waals surface area (Å²) in [6.07, 6.45) is -4.12. The van der Waals surface area contributed by atoms with Gasteiger partial charge < -0.3 is 35.6 Å². The average Bonchev–Trinajstić information content (AvgIpc) is 2.50. The molecule has 0 saturated carbocycles. The van der Waals surface area contributed by atoms with Crippen molar-refractivity contribution < 1.29 is 35.1 Å². The molecule has 0 bridgehead atoms. The highest BCUT2D eigenvalue weighted by Gasteiger charge is 2.43. The number of carbonyl (C=O) groups is 1. The van der Waals surface area contributed by atoms with Crippen molar-refractivity contribution in [1.82, 2.24) is 10.6 Å². The molecule has 1 rings (SSSR count). The Morgan fingerprint density at radius 1 is 1.18 bits per heavy atom. The van der Waals surface area contributed by atoms with E-state index in [0.717, 1.165) is 0 Å². The molecule has 9 nitrogen and oxygen atoms in total. The molecular formula is C13H26N2O7. The number of hydrogen-bond acceptors (Lipinski definition) is 8. The summed E-state index contributed by atoms with van der Waals surface area (Å²) in [6, 6.07) is -0.591. The van der Waals surface area contributed by atoms with E-state index in [1.54, 1.807) is 7.05 Å². The zero-order valence-electron chi connectivity index (χ0n) is 12.6. The van der Waals surface area contributed by atoms with Crippen LogP contribution in [0, 0.1) is 0 Å². The summed E-state index contributed by atoms with van der Waals surface area (Å²) < 4.78 is 5.29. The third kappa shape index (κ3) is 5.13. The minimum Gasteiger partial charge on any atom is -0.480 e. The van der Waals surface area contributed by atoms with Crippen LogP contribution in [0.2, 0.25) is 0 Å². The molecule has 0 aliphatic carbocycles. The summed E-state index contributed by atoms with van der Waals surface area (Å²) in [5.74, 6) is -0.899. The summed E-state index contributed by atoms with van der Waals surface area (Å²) in [4.78, 5) is 10.8. The maximum Gasteiger partial charge on any atom is 0.320 e. The summed E-state index contributed by atoms with van der Waals surface area (Å²) >= 11 is 0. The fourth-order valence-corrected chi connectivity index (χ4v) is 2.38. The van der Waals surface area contributed by atoms with Gasteiger partial charge in [0.05, 0.1) is 6.61 Å². The van der Waals surface area contributed by atoms with E-state index in [1.165, 1.54) is 0 Å². The molecule has 0 aromatic heterocycles. The molecule has 6 atom stereocenters. The standard InChI is InChI=1S/C13H26N2O7/c1-14-7(13(20)21)4-2-3-5-15-12-11(19)10(18)9(17)8(6-16)22-12/h7-12,14-19H,2-6H2,1H3,(H,20,21). The number of aliphatic carboxylic acids is 1. The van der Waals surface area contributed by atoms with Gasteiger partial charge in [-0.2, -0.15) is 0 Å². The zero-order chi connectivity index (χ0) is 16.7. The van der Waals surface area contributed by atoms with Gasteiger partial charge in [0.15, 0.2) is 0 Å². The molecule has 9 heteroatoms. The molecule has 0 amide bonds. The topological polar surface area (TPSA) is 152 Å². The van der Waals surface area contributed by atoms with Gasteiger partial charge in [0.25, 0.3) is 0 Å². The van der Waals surface area contributed by atoms with Crippen LogP contribution in [0.1, 0.15) is 19.3 Å².